The molecule has 1 saturated heterocycles. The standard InChI is InChI=1S/C26H37N3O9/c1-14(2)20-17(24(29-28-20)38-25-23(36)22(35)21(34)18(11-30)37-25)10-16-6-4-15(5-7-16)8-9-19(33)27-26(3,12-31)13-32/h4-9,14,18,21-23,25,30-32,34-36H,10-13H2,1-3H3,(H,27,33)(H,28,29)/b9-8+/t18-,21-,22+,23-,25+/m1/s1. The Bertz CT molecular complexity index is 1080. The molecule has 2 heterocycles. The molecule has 1 aromatic carbocycles. The van der Waals surface area contributed by atoms with Crippen LogP contribution in [0, 0.1) is 0 Å². The van der Waals surface area contributed by atoms with Crippen LogP contribution >= 0.6 is 0 Å². The second-order valence-electron chi connectivity index (χ2n) is 10.0. The highest BCUT2D eigenvalue weighted by molar-refractivity contribution is 5.92. The molecule has 1 fully saturated rings. The zero-order chi connectivity index (χ0) is 28.0. The number of carbonyl (C=O) groups excluding carboxylic acids is 1. The average molecular weight is 536 g/mol. The SMILES string of the molecule is CC(C)c1[nH]nc(O[C@@H]2O[C@H](CO)[C@@H](O)[C@H](O)[C@H]2O)c1Cc1ccc(/C=C/C(=O)NC(C)(CO)CO)cc1. The highest BCUT2D eigenvalue weighted by Gasteiger charge is 2.45. The van der Waals surface area contributed by atoms with Gasteiger partial charge in [-0.05, 0) is 30.0 Å². The maximum Gasteiger partial charge on any atom is 0.244 e. The molecule has 38 heavy (non-hydrogen) atoms. The monoisotopic (exact) mass is 535 g/mol. The van der Waals surface area contributed by atoms with Gasteiger partial charge in [-0.15, -0.1) is 5.10 Å². The number of hydrogen-bond acceptors (Lipinski definition) is 10. The lowest BCUT2D eigenvalue weighted by Gasteiger charge is -2.39. The quantitative estimate of drug-likeness (QED) is 0.168. The van der Waals surface area contributed by atoms with E-state index in [-0.39, 0.29) is 11.8 Å². The normalized spacial score (nSPS) is 24.2. The number of aromatic nitrogens is 2. The summed E-state index contributed by atoms with van der Waals surface area (Å²) in [5.74, 6) is -0.224. The van der Waals surface area contributed by atoms with Gasteiger partial charge >= 0.3 is 0 Å². The molecule has 0 aliphatic carbocycles. The summed E-state index contributed by atoms with van der Waals surface area (Å²) in [6.07, 6.45) is -3.74. The average Bonchev–Trinajstić information content (AvgIpc) is 3.30. The highest BCUT2D eigenvalue weighted by Crippen LogP contribution is 2.31. The molecule has 0 spiro atoms. The lowest BCUT2D eigenvalue weighted by molar-refractivity contribution is -0.278. The van der Waals surface area contributed by atoms with Crippen molar-refractivity contribution >= 4 is 12.0 Å². The Morgan fingerprint density at radius 2 is 1.79 bits per heavy atom. The summed E-state index contributed by atoms with van der Waals surface area (Å²) in [5, 5.41) is 68.2. The molecule has 8 N–H and O–H groups in total. The minimum atomic E-state index is -1.57. The number of carbonyl (C=O) groups is 1. The molecule has 1 aliphatic heterocycles. The number of H-pyrrole nitrogens is 1. The molecule has 0 unspecified atom stereocenters. The number of aromatic amines is 1. The predicted molar refractivity (Wildman–Crippen MR) is 136 cm³/mol. The van der Waals surface area contributed by atoms with E-state index in [1.165, 1.54) is 13.0 Å². The third kappa shape index (κ3) is 6.97. The van der Waals surface area contributed by atoms with Gasteiger partial charge in [-0.3, -0.25) is 9.89 Å². The molecule has 210 valence electrons. The Morgan fingerprint density at radius 1 is 1.13 bits per heavy atom. The zero-order valence-corrected chi connectivity index (χ0v) is 21.6. The van der Waals surface area contributed by atoms with Crippen molar-refractivity contribution in [1.29, 1.82) is 0 Å². The number of aliphatic hydroxyl groups excluding tert-OH is 6. The molecule has 1 aliphatic rings. The van der Waals surface area contributed by atoms with Crippen LogP contribution in [0.2, 0.25) is 0 Å². The Kier molecular flexibility index (Phi) is 10.0. The number of amides is 1. The lowest BCUT2D eigenvalue weighted by Crippen LogP contribution is -2.60. The van der Waals surface area contributed by atoms with Gasteiger partial charge < -0.3 is 45.4 Å². The number of nitrogens with one attached hydrogen (secondary N) is 2. The largest absolute Gasteiger partial charge is 0.443 e. The number of nitrogens with zero attached hydrogens (tertiary/aromatic N) is 1. The van der Waals surface area contributed by atoms with Crippen LogP contribution < -0.4 is 10.1 Å². The summed E-state index contributed by atoms with van der Waals surface area (Å²) in [6, 6.07) is 7.39. The second kappa shape index (κ2) is 12.8. The minimum absolute atomic E-state index is 0.0638. The van der Waals surface area contributed by atoms with Gasteiger partial charge in [-0.1, -0.05) is 38.1 Å². The van der Waals surface area contributed by atoms with Crippen LogP contribution in [0.5, 0.6) is 5.88 Å². The summed E-state index contributed by atoms with van der Waals surface area (Å²) >= 11 is 0. The van der Waals surface area contributed by atoms with E-state index in [0.29, 0.717) is 12.0 Å². The molecular weight excluding hydrogens is 498 g/mol. The van der Waals surface area contributed by atoms with Crippen molar-refractivity contribution < 1.29 is 44.9 Å². The fraction of sp³-hybridized carbons (Fsp3) is 0.538. The molecule has 1 aromatic heterocycles. The van der Waals surface area contributed by atoms with E-state index in [1.54, 1.807) is 6.08 Å². The van der Waals surface area contributed by atoms with E-state index >= 15 is 0 Å². The first-order chi connectivity index (χ1) is 18.0. The molecule has 0 bridgehead atoms. The van der Waals surface area contributed by atoms with E-state index < -0.39 is 62.0 Å². The number of ether oxygens (including phenoxy) is 2. The van der Waals surface area contributed by atoms with Crippen LogP contribution in [0.3, 0.4) is 0 Å². The van der Waals surface area contributed by atoms with Crippen LogP contribution in [0.4, 0.5) is 0 Å². The Balaban J connectivity index is 1.74. The van der Waals surface area contributed by atoms with E-state index in [0.717, 1.165) is 16.8 Å². The summed E-state index contributed by atoms with van der Waals surface area (Å²) in [7, 11) is 0. The van der Waals surface area contributed by atoms with E-state index in [1.807, 2.05) is 38.1 Å². The summed E-state index contributed by atoms with van der Waals surface area (Å²) in [6.45, 7) is 4.13. The van der Waals surface area contributed by atoms with Gasteiger partial charge in [0.1, 0.15) is 24.4 Å². The maximum atomic E-state index is 12.1. The van der Waals surface area contributed by atoms with Gasteiger partial charge in [0.25, 0.3) is 0 Å². The molecule has 2 aromatic rings. The van der Waals surface area contributed by atoms with E-state index in [4.69, 9.17) is 9.47 Å². The molecule has 5 atom stereocenters. The van der Waals surface area contributed by atoms with Crippen LogP contribution in [0.1, 0.15) is 49.1 Å². The van der Waals surface area contributed by atoms with Gasteiger partial charge in [0.05, 0.1) is 25.4 Å². The first-order valence-corrected chi connectivity index (χ1v) is 12.4. The number of rotatable bonds is 11. The van der Waals surface area contributed by atoms with Crippen molar-refractivity contribution in [2.24, 2.45) is 0 Å². The first kappa shape index (κ1) is 29.7. The Morgan fingerprint density at radius 3 is 2.37 bits per heavy atom. The van der Waals surface area contributed by atoms with Crippen molar-refractivity contribution in [3.8, 4) is 5.88 Å². The summed E-state index contributed by atoms with van der Waals surface area (Å²) in [5.41, 5.74) is 2.07. The fourth-order valence-electron chi connectivity index (χ4n) is 3.97. The van der Waals surface area contributed by atoms with Gasteiger partial charge in [-0.25, -0.2) is 0 Å². The topological polar surface area (TPSA) is 198 Å². The smallest absolute Gasteiger partial charge is 0.244 e. The van der Waals surface area contributed by atoms with E-state index in [9.17, 15) is 35.4 Å². The predicted octanol–water partition coefficient (Wildman–Crippen LogP) is -0.825. The number of hydrogen-bond donors (Lipinski definition) is 8. The van der Waals surface area contributed by atoms with Gasteiger partial charge in [-0.2, -0.15) is 0 Å². The van der Waals surface area contributed by atoms with Crippen LogP contribution in [0.15, 0.2) is 30.3 Å². The molecular formula is C26H37N3O9. The minimum Gasteiger partial charge on any atom is -0.443 e. The van der Waals surface area contributed by atoms with Crippen molar-refractivity contribution in [1.82, 2.24) is 15.5 Å². The molecule has 0 radical (unpaired) electrons. The lowest BCUT2D eigenvalue weighted by atomic mass is 9.98. The molecule has 12 heteroatoms. The maximum absolute atomic E-state index is 12.1. The molecule has 1 amide bonds. The summed E-state index contributed by atoms with van der Waals surface area (Å²) < 4.78 is 11.3. The number of benzene rings is 1. The van der Waals surface area contributed by atoms with Crippen molar-refractivity contribution in [2.45, 2.75) is 69.4 Å². The van der Waals surface area contributed by atoms with Gasteiger partial charge in [0, 0.05) is 23.8 Å². The third-order valence-corrected chi connectivity index (χ3v) is 6.43. The zero-order valence-electron chi connectivity index (χ0n) is 21.6. The fourth-order valence-corrected chi connectivity index (χ4v) is 3.97. The molecule has 3 rings (SSSR count). The van der Waals surface area contributed by atoms with E-state index in [2.05, 4.69) is 15.5 Å². The van der Waals surface area contributed by atoms with Crippen molar-refractivity contribution in [3.05, 3.63) is 52.7 Å². The van der Waals surface area contributed by atoms with Crippen molar-refractivity contribution in [2.75, 3.05) is 19.8 Å². The second-order valence-corrected chi connectivity index (χ2v) is 10.0. The summed E-state index contributed by atoms with van der Waals surface area (Å²) in [4.78, 5) is 12.1. The van der Waals surface area contributed by atoms with Crippen LogP contribution in [-0.4, -0.2) is 103 Å². The Labute approximate surface area is 220 Å². The number of aliphatic hydroxyl groups is 6. The van der Waals surface area contributed by atoms with Crippen LogP contribution in [-0.2, 0) is 16.0 Å². The molecule has 12 nitrogen and oxygen atoms in total. The van der Waals surface area contributed by atoms with Gasteiger partial charge in [0.2, 0.25) is 18.1 Å². The first-order valence-electron chi connectivity index (χ1n) is 12.4. The third-order valence-electron chi connectivity index (χ3n) is 6.43. The highest BCUT2D eigenvalue weighted by atomic mass is 16.7. The molecule has 0 saturated carbocycles. The van der Waals surface area contributed by atoms with Gasteiger partial charge in [0.15, 0.2) is 0 Å². The Hall–Kier alpha value is -2.84. The van der Waals surface area contributed by atoms with Crippen molar-refractivity contribution in [3.63, 3.8) is 0 Å². The van der Waals surface area contributed by atoms with Crippen LogP contribution in [0.25, 0.3) is 6.08 Å².